The van der Waals surface area contributed by atoms with E-state index in [0.717, 1.165) is 50.5 Å². The average molecular weight is 287 g/mol. The third kappa shape index (κ3) is 1.71. The van der Waals surface area contributed by atoms with Crippen LogP contribution in [0.4, 0.5) is 0 Å². The van der Waals surface area contributed by atoms with Gasteiger partial charge in [-0.15, -0.1) is 0 Å². The molecule has 0 N–H and O–H groups in total. The molecular weight excluding hydrogens is 260 g/mol. The summed E-state index contributed by atoms with van der Waals surface area (Å²) < 4.78 is 8.23. The van der Waals surface area contributed by atoms with E-state index in [-0.39, 0.29) is 16.6 Å². The Bertz CT molecular complexity index is 592. The highest BCUT2D eigenvalue weighted by Crippen LogP contribution is 2.64. The summed E-state index contributed by atoms with van der Waals surface area (Å²) >= 11 is 0. The molecule has 3 fully saturated rings. The minimum Gasteiger partial charge on any atom is -0.299 e. The van der Waals surface area contributed by atoms with Crippen molar-refractivity contribution in [3.05, 3.63) is 11.6 Å². The number of fused-ring (bicyclic) bond motifs is 5. The Morgan fingerprint density at radius 3 is 2.57 bits per heavy atom. The first-order chi connectivity index (χ1) is 10.4. The Balaban J connectivity index is 1.73. The lowest BCUT2D eigenvalue weighted by atomic mass is 9.47. The maximum Gasteiger partial charge on any atom is 0.155 e. The molecule has 0 radical (unpaired) electrons. The molecule has 2 heteroatoms. The zero-order valence-electron chi connectivity index (χ0n) is 14.2. The number of carbonyl (C=O) groups is 2. The molecule has 5 atom stereocenters. The van der Waals surface area contributed by atoms with Crippen LogP contribution in [0.25, 0.3) is 0 Å². The monoisotopic (exact) mass is 287 g/mol. The first kappa shape index (κ1) is 12.6. The molecule has 4 rings (SSSR count). The summed E-state index contributed by atoms with van der Waals surface area (Å²) in [6, 6.07) is 0.322. The molecule has 3 saturated carbocycles. The number of rotatable bonds is 0. The van der Waals surface area contributed by atoms with Gasteiger partial charge >= 0.3 is 0 Å². The van der Waals surface area contributed by atoms with E-state index < -0.39 is 0 Å². The Kier molecular flexibility index (Phi) is 2.58. The van der Waals surface area contributed by atoms with Gasteiger partial charge in [0.15, 0.2) is 5.78 Å². The second-order valence-corrected chi connectivity index (χ2v) is 8.28. The van der Waals surface area contributed by atoms with E-state index in [0.29, 0.717) is 36.0 Å². The number of allylic oxidation sites excluding steroid dienone is 1. The molecule has 3 unspecified atom stereocenters. The first-order valence-corrected chi connectivity index (χ1v) is 8.64. The van der Waals surface area contributed by atoms with Gasteiger partial charge in [0.2, 0.25) is 0 Å². The molecule has 0 aromatic carbocycles. The quantitative estimate of drug-likeness (QED) is 0.672. The van der Waals surface area contributed by atoms with Gasteiger partial charge in [0.1, 0.15) is 5.78 Å². The molecule has 0 heterocycles. The molecule has 114 valence electrons. The number of hydrogen-bond donors (Lipinski definition) is 0. The fourth-order valence-electron chi connectivity index (χ4n) is 6.22. The highest BCUT2D eigenvalue weighted by molar-refractivity contribution is 5.91. The van der Waals surface area contributed by atoms with Gasteiger partial charge in [-0.2, -0.15) is 0 Å². The van der Waals surface area contributed by atoms with Crippen molar-refractivity contribution in [3.63, 3.8) is 0 Å². The summed E-state index contributed by atoms with van der Waals surface area (Å²) in [6.45, 7) is 4.51. The van der Waals surface area contributed by atoms with Crippen molar-refractivity contribution >= 4 is 11.6 Å². The number of ketones is 2. The third-order valence-corrected chi connectivity index (χ3v) is 7.54. The lowest BCUT2D eigenvalue weighted by molar-refractivity contribution is -0.132. The summed E-state index contributed by atoms with van der Waals surface area (Å²) in [5, 5.41) is 0. The van der Waals surface area contributed by atoms with E-state index in [9.17, 15) is 9.59 Å². The zero-order chi connectivity index (χ0) is 15.7. The fourth-order valence-corrected chi connectivity index (χ4v) is 6.22. The van der Waals surface area contributed by atoms with Crippen LogP contribution < -0.4 is 0 Å². The molecule has 0 bridgehead atoms. The Morgan fingerprint density at radius 2 is 1.76 bits per heavy atom. The number of Topliss-reactive ketones (excluding diaryl/α,β-unsaturated/α-hetero) is 1. The van der Waals surface area contributed by atoms with E-state index >= 15 is 0 Å². The summed E-state index contributed by atoms with van der Waals surface area (Å²) in [4.78, 5) is 24.3. The predicted molar refractivity (Wildman–Crippen MR) is 81.7 cm³/mol. The number of hydrogen-bond acceptors (Lipinski definition) is 2. The molecule has 0 aliphatic heterocycles. The second kappa shape index (κ2) is 4.30. The van der Waals surface area contributed by atoms with Crippen LogP contribution in [0.15, 0.2) is 11.6 Å². The van der Waals surface area contributed by atoms with Crippen LogP contribution in [0.5, 0.6) is 0 Å². The molecular formula is C19H26O2. The number of carbonyl (C=O) groups excluding carboxylic acids is 2. The van der Waals surface area contributed by atoms with Crippen molar-refractivity contribution < 1.29 is 11.0 Å². The van der Waals surface area contributed by atoms with Gasteiger partial charge in [-0.05, 0) is 67.7 Å². The zero-order valence-corrected chi connectivity index (χ0v) is 13.2. The van der Waals surface area contributed by atoms with Crippen LogP contribution in [0.2, 0.25) is 0 Å². The van der Waals surface area contributed by atoms with E-state index in [1.54, 1.807) is 0 Å². The Morgan fingerprint density at radius 1 is 1.00 bits per heavy atom. The Labute approximate surface area is 128 Å². The second-order valence-electron chi connectivity index (χ2n) is 8.28. The largest absolute Gasteiger partial charge is 0.299 e. The SMILES string of the molecule is [2H]C1=C2CCC3C(CC[C@]4(C)C(=O)CCC34)[C@@]2(C)CCC1=O. The maximum absolute atomic E-state index is 12.4. The van der Waals surface area contributed by atoms with Crippen molar-refractivity contribution in [1.82, 2.24) is 0 Å². The Hall–Kier alpha value is -0.920. The average Bonchev–Trinajstić information content (AvgIpc) is 2.79. The van der Waals surface area contributed by atoms with Gasteiger partial charge < -0.3 is 0 Å². The summed E-state index contributed by atoms with van der Waals surface area (Å²) in [5.74, 6) is 2.28. The fraction of sp³-hybridized carbons (Fsp3) is 0.789. The summed E-state index contributed by atoms with van der Waals surface area (Å²) in [5.41, 5.74) is 1.10. The van der Waals surface area contributed by atoms with Gasteiger partial charge in [-0.25, -0.2) is 0 Å². The van der Waals surface area contributed by atoms with Crippen LogP contribution >= 0.6 is 0 Å². The molecule has 4 aliphatic rings. The van der Waals surface area contributed by atoms with E-state index in [4.69, 9.17) is 1.37 Å². The molecule has 0 aromatic heterocycles. The topological polar surface area (TPSA) is 34.1 Å². The predicted octanol–water partition coefficient (Wildman–Crippen LogP) is 4.09. The van der Waals surface area contributed by atoms with Crippen molar-refractivity contribution in [2.24, 2.45) is 28.6 Å². The van der Waals surface area contributed by atoms with Gasteiger partial charge in [0.05, 0.1) is 1.37 Å². The van der Waals surface area contributed by atoms with Crippen molar-refractivity contribution in [1.29, 1.82) is 0 Å². The standard InChI is InChI=1S/C19H26O2/c1-18-9-7-13(20)11-12(18)3-4-14-15-5-6-17(21)19(15,2)10-8-16(14)18/h11,14-16H,3-10H2,1-2H3/t14?,15?,16?,18-,19-/m0/s1/i11D. The van der Waals surface area contributed by atoms with Crippen molar-refractivity contribution in [2.75, 3.05) is 0 Å². The third-order valence-electron chi connectivity index (χ3n) is 7.54. The summed E-state index contributed by atoms with van der Waals surface area (Å²) in [6.07, 6.45) is 7.41. The van der Waals surface area contributed by atoms with Crippen LogP contribution in [0.3, 0.4) is 0 Å². The lowest BCUT2D eigenvalue weighted by Gasteiger charge is -2.56. The van der Waals surface area contributed by atoms with Crippen LogP contribution in [0.1, 0.15) is 66.6 Å². The van der Waals surface area contributed by atoms with Crippen molar-refractivity contribution in [3.8, 4) is 0 Å². The van der Waals surface area contributed by atoms with Crippen LogP contribution in [-0.4, -0.2) is 11.6 Å². The first-order valence-electron chi connectivity index (χ1n) is 9.14. The van der Waals surface area contributed by atoms with Gasteiger partial charge in [0, 0.05) is 18.3 Å². The van der Waals surface area contributed by atoms with Crippen LogP contribution in [0, 0.1) is 28.6 Å². The highest BCUT2D eigenvalue weighted by Gasteiger charge is 2.58. The molecule has 0 amide bonds. The minimum atomic E-state index is -0.0764. The smallest absolute Gasteiger partial charge is 0.155 e. The molecule has 21 heavy (non-hydrogen) atoms. The highest BCUT2D eigenvalue weighted by atomic mass is 16.1. The van der Waals surface area contributed by atoms with Gasteiger partial charge in [-0.1, -0.05) is 19.4 Å². The summed E-state index contributed by atoms with van der Waals surface area (Å²) in [7, 11) is 0. The van der Waals surface area contributed by atoms with E-state index in [1.165, 1.54) is 0 Å². The molecule has 0 saturated heterocycles. The van der Waals surface area contributed by atoms with Gasteiger partial charge in [-0.3, -0.25) is 9.59 Å². The van der Waals surface area contributed by atoms with Crippen LogP contribution in [-0.2, 0) is 9.59 Å². The molecule has 4 aliphatic carbocycles. The van der Waals surface area contributed by atoms with Crippen molar-refractivity contribution in [2.45, 2.75) is 65.2 Å². The minimum absolute atomic E-state index is 0.0425. The normalized spacial score (nSPS) is 50.4. The van der Waals surface area contributed by atoms with Gasteiger partial charge in [0.25, 0.3) is 0 Å². The maximum atomic E-state index is 12.4. The molecule has 2 nitrogen and oxygen atoms in total. The van der Waals surface area contributed by atoms with E-state index in [2.05, 4.69) is 13.8 Å². The molecule has 0 aromatic rings. The van der Waals surface area contributed by atoms with E-state index in [1.807, 2.05) is 0 Å². The lowest BCUT2D eigenvalue weighted by Crippen LogP contribution is -2.50. The molecule has 0 spiro atoms.